The number of rotatable bonds is 7. The lowest BCUT2D eigenvalue weighted by Gasteiger charge is -2.15. The summed E-state index contributed by atoms with van der Waals surface area (Å²) in [6, 6.07) is 11.0. The van der Waals surface area contributed by atoms with Gasteiger partial charge >= 0.3 is 11.9 Å². The van der Waals surface area contributed by atoms with Crippen LogP contribution in [0.15, 0.2) is 59.6 Å². The van der Waals surface area contributed by atoms with Gasteiger partial charge in [0.15, 0.2) is 0 Å². The number of aliphatic carboxylic acids is 1. The van der Waals surface area contributed by atoms with Crippen LogP contribution in [0.25, 0.3) is 10.9 Å². The Kier molecular flexibility index (Phi) is 5.48. The Bertz CT molecular complexity index is 1120. The fourth-order valence-electron chi connectivity index (χ4n) is 2.84. The third kappa shape index (κ3) is 4.05. The van der Waals surface area contributed by atoms with Gasteiger partial charge in [-0.15, -0.1) is 0 Å². The molecule has 0 aliphatic rings. The predicted octanol–water partition coefficient (Wildman–Crippen LogP) is 1.93. The molecule has 0 bridgehead atoms. The summed E-state index contributed by atoms with van der Waals surface area (Å²) >= 11 is 0. The molecule has 2 aromatic carbocycles. The number of carbonyl (C=O) groups excluding carboxylic acids is 1. The van der Waals surface area contributed by atoms with Crippen molar-refractivity contribution in [2.24, 2.45) is 0 Å². The molecule has 28 heavy (non-hydrogen) atoms. The zero-order valence-electron chi connectivity index (χ0n) is 14.9. The topological polar surface area (TPSA) is 126 Å². The number of carboxylic acids is 1. The van der Waals surface area contributed by atoms with Crippen LogP contribution in [0.4, 0.5) is 0 Å². The van der Waals surface area contributed by atoms with Crippen LogP contribution < -0.4 is 4.72 Å². The fourth-order valence-corrected chi connectivity index (χ4v) is 4.03. The van der Waals surface area contributed by atoms with E-state index in [4.69, 9.17) is 0 Å². The van der Waals surface area contributed by atoms with Crippen molar-refractivity contribution in [1.29, 1.82) is 0 Å². The quantitative estimate of drug-likeness (QED) is 0.519. The summed E-state index contributed by atoms with van der Waals surface area (Å²) in [4.78, 5) is 26.0. The summed E-state index contributed by atoms with van der Waals surface area (Å²) in [5.74, 6) is -1.89. The van der Waals surface area contributed by atoms with Crippen LogP contribution in [0.1, 0.15) is 15.9 Å². The Labute approximate surface area is 161 Å². The number of hydrogen-bond donors (Lipinski definition) is 3. The molecule has 146 valence electrons. The second kappa shape index (κ2) is 7.83. The molecule has 0 unspecified atom stereocenters. The van der Waals surface area contributed by atoms with Gasteiger partial charge in [-0.05, 0) is 35.9 Å². The number of methoxy groups -OCH3 is 1. The molecule has 0 radical (unpaired) electrons. The van der Waals surface area contributed by atoms with Crippen molar-refractivity contribution in [3.63, 3.8) is 0 Å². The Morgan fingerprint density at radius 2 is 1.82 bits per heavy atom. The molecule has 3 aromatic rings. The van der Waals surface area contributed by atoms with Gasteiger partial charge in [0.1, 0.15) is 6.04 Å². The number of carbonyl (C=O) groups is 2. The zero-order valence-corrected chi connectivity index (χ0v) is 15.7. The van der Waals surface area contributed by atoms with Gasteiger partial charge in [-0.1, -0.05) is 18.2 Å². The molecule has 0 aliphatic heterocycles. The van der Waals surface area contributed by atoms with E-state index in [1.54, 1.807) is 6.20 Å². The van der Waals surface area contributed by atoms with Gasteiger partial charge in [0.05, 0.1) is 17.6 Å². The Balaban J connectivity index is 1.83. The van der Waals surface area contributed by atoms with Gasteiger partial charge < -0.3 is 14.8 Å². The van der Waals surface area contributed by atoms with Crippen LogP contribution in [0, 0.1) is 0 Å². The van der Waals surface area contributed by atoms with Gasteiger partial charge in [0.25, 0.3) is 0 Å². The van der Waals surface area contributed by atoms with E-state index in [-0.39, 0.29) is 16.9 Å². The van der Waals surface area contributed by atoms with E-state index in [0.717, 1.165) is 10.9 Å². The van der Waals surface area contributed by atoms with Crippen LogP contribution in [0.2, 0.25) is 0 Å². The van der Waals surface area contributed by atoms with Crippen molar-refractivity contribution in [3.05, 3.63) is 65.9 Å². The Morgan fingerprint density at radius 3 is 2.46 bits per heavy atom. The Hall–Kier alpha value is -3.17. The summed E-state index contributed by atoms with van der Waals surface area (Å²) in [5, 5.41) is 10.3. The molecule has 3 N–H and O–H groups in total. The third-order valence-corrected chi connectivity index (χ3v) is 5.77. The largest absolute Gasteiger partial charge is 0.480 e. The number of carboxylic acid groups (broad SMARTS) is 1. The predicted molar refractivity (Wildman–Crippen MR) is 102 cm³/mol. The van der Waals surface area contributed by atoms with E-state index in [1.165, 1.54) is 31.4 Å². The Morgan fingerprint density at radius 1 is 1.14 bits per heavy atom. The van der Waals surface area contributed by atoms with E-state index in [0.29, 0.717) is 5.56 Å². The summed E-state index contributed by atoms with van der Waals surface area (Å²) in [7, 11) is -2.88. The molecule has 1 aromatic heterocycles. The number of benzene rings is 2. The number of nitrogens with one attached hydrogen (secondary N) is 2. The van der Waals surface area contributed by atoms with Crippen molar-refractivity contribution in [1.82, 2.24) is 9.71 Å². The molecule has 0 amide bonds. The molecule has 0 fully saturated rings. The minimum atomic E-state index is -4.10. The number of fused-ring (bicyclic) bond motifs is 1. The third-order valence-electron chi connectivity index (χ3n) is 4.28. The minimum Gasteiger partial charge on any atom is -0.480 e. The molecule has 0 saturated heterocycles. The summed E-state index contributed by atoms with van der Waals surface area (Å²) < 4.78 is 32.0. The van der Waals surface area contributed by atoms with Crippen LogP contribution in [0.3, 0.4) is 0 Å². The van der Waals surface area contributed by atoms with Crippen molar-refractivity contribution in [2.75, 3.05) is 7.11 Å². The molecule has 1 heterocycles. The normalized spacial score (nSPS) is 12.6. The van der Waals surface area contributed by atoms with E-state index in [9.17, 15) is 23.1 Å². The number of ether oxygens (including phenoxy) is 1. The first-order valence-corrected chi connectivity index (χ1v) is 9.78. The van der Waals surface area contributed by atoms with Crippen LogP contribution in [0.5, 0.6) is 0 Å². The number of hydrogen-bond acceptors (Lipinski definition) is 5. The highest BCUT2D eigenvalue weighted by Gasteiger charge is 2.26. The maximum atomic E-state index is 12.6. The first kappa shape index (κ1) is 19.6. The highest BCUT2D eigenvalue weighted by Crippen LogP contribution is 2.20. The molecule has 0 saturated carbocycles. The number of para-hydroxylation sites is 1. The van der Waals surface area contributed by atoms with E-state index in [2.05, 4.69) is 14.4 Å². The number of H-pyrrole nitrogens is 1. The maximum Gasteiger partial charge on any atom is 0.337 e. The molecular formula is C19H18N2O6S. The fraction of sp³-hybridized carbons (Fsp3) is 0.158. The van der Waals surface area contributed by atoms with Gasteiger partial charge in [-0.2, -0.15) is 4.72 Å². The van der Waals surface area contributed by atoms with Crippen molar-refractivity contribution < 1.29 is 27.9 Å². The first-order chi connectivity index (χ1) is 13.3. The van der Waals surface area contributed by atoms with E-state index < -0.39 is 28.0 Å². The molecule has 3 rings (SSSR count). The standard InChI is InChI=1S/C19H18N2O6S/c1-27-19(24)12-6-8-14(9-7-12)28(25,26)21-17(18(22)23)10-13-11-20-16-5-3-2-4-15(13)16/h2-9,11,17,20-21H,10H2,1H3,(H,22,23)/t17-/m1/s1. The molecule has 8 nitrogen and oxygen atoms in total. The minimum absolute atomic E-state index is 0.0289. The number of aromatic nitrogens is 1. The summed E-state index contributed by atoms with van der Waals surface area (Å²) in [6.45, 7) is 0. The SMILES string of the molecule is COC(=O)c1ccc(S(=O)(=O)N[C@H](Cc2c[nH]c3ccccc23)C(=O)O)cc1. The summed E-state index contributed by atoms with van der Waals surface area (Å²) in [5.41, 5.74) is 1.71. The molecule has 0 aliphatic carbocycles. The smallest absolute Gasteiger partial charge is 0.337 e. The monoisotopic (exact) mass is 402 g/mol. The van der Waals surface area contributed by atoms with Crippen molar-refractivity contribution in [3.8, 4) is 0 Å². The highest BCUT2D eigenvalue weighted by atomic mass is 32.2. The van der Waals surface area contributed by atoms with Crippen molar-refractivity contribution in [2.45, 2.75) is 17.4 Å². The lowest BCUT2D eigenvalue weighted by atomic mass is 10.1. The van der Waals surface area contributed by atoms with Crippen LogP contribution in [-0.4, -0.2) is 43.6 Å². The molecule has 0 spiro atoms. The maximum absolute atomic E-state index is 12.6. The second-order valence-corrected chi connectivity index (χ2v) is 7.81. The van der Waals surface area contributed by atoms with E-state index in [1.807, 2.05) is 24.3 Å². The van der Waals surface area contributed by atoms with Gasteiger partial charge in [-0.25, -0.2) is 13.2 Å². The number of aromatic amines is 1. The van der Waals surface area contributed by atoms with Crippen LogP contribution >= 0.6 is 0 Å². The number of esters is 1. The van der Waals surface area contributed by atoms with Crippen LogP contribution in [-0.2, 0) is 26.0 Å². The molecule has 1 atom stereocenters. The second-order valence-electron chi connectivity index (χ2n) is 6.09. The van der Waals surface area contributed by atoms with E-state index >= 15 is 0 Å². The summed E-state index contributed by atoms with van der Waals surface area (Å²) in [6.07, 6.45) is 1.64. The average Bonchev–Trinajstić information content (AvgIpc) is 3.09. The molecular weight excluding hydrogens is 384 g/mol. The van der Waals surface area contributed by atoms with Gasteiger partial charge in [0, 0.05) is 23.5 Å². The average molecular weight is 402 g/mol. The highest BCUT2D eigenvalue weighted by molar-refractivity contribution is 7.89. The van der Waals surface area contributed by atoms with Gasteiger partial charge in [-0.3, -0.25) is 4.79 Å². The lowest BCUT2D eigenvalue weighted by Crippen LogP contribution is -2.42. The lowest BCUT2D eigenvalue weighted by molar-refractivity contribution is -0.138. The van der Waals surface area contributed by atoms with Gasteiger partial charge in [0.2, 0.25) is 10.0 Å². The molecule has 9 heteroatoms. The first-order valence-electron chi connectivity index (χ1n) is 8.30. The zero-order chi connectivity index (χ0) is 20.3. The number of sulfonamides is 1. The van der Waals surface area contributed by atoms with Crippen molar-refractivity contribution >= 4 is 32.9 Å².